The van der Waals surface area contributed by atoms with Crippen LogP contribution in [0.25, 0.3) is 0 Å². The van der Waals surface area contributed by atoms with Crippen LogP contribution in [-0.4, -0.2) is 25.0 Å². The van der Waals surface area contributed by atoms with Crippen LogP contribution >= 0.6 is 0 Å². The van der Waals surface area contributed by atoms with Crippen LogP contribution in [-0.2, 0) is 4.43 Å². The molecule has 0 heterocycles. The second-order valence-electron chi connectivity index (χ2n) is 6.08. The normalized spacial score (nSPS) is 12.6. The summed E-state index contributed by atoms with van der Waals surface area (Å²) in [7, 11) is -2.23. The first-order chi connectivity index (χ1) is 8.03. The number of aryl methyl sites for hydroxylation is 1. The van der Waals surface area contributed by atoms with Gasteiger partial charge in [0.1, 0.15) is 0 Å². The van der Waals surface area contributed by atoms with E-state index >= 15 is 0 Å². The molecule has 1 N–H and O–H groups in total. The average molecular weight is 266 g/mol. The predicted molar refractivity (Wildman–Crippen MR) is 76.1 cm³/mol. The lowest BCUT2D eigenvalue weighted by molar-refractivity contribution is 0.0696. The zero-order valence-corrected chi connectivity index (χ0v) is 13.0. The number of hydrogen-bond donors (Lipinski definition) is 1. The quantitative estimate of drug-likeness (QED) is 0.856. The van der Waals surface area contributed by atoms with Gasteiger partial charge in [-0.2, -0.15) is 0 Å². The highest BCUT2D eigenvalue weighted by Gasteiger charge is 2.34. The largest absolute Gasteiger partial charge is 0.478 e. The van der Waals surface area contributed by atoms with Crippen LogP contribution in [0.5, 0.6) is 0 Å². The molecule has 0 amide bonds. The van der Waals surface area contributed by atoms with Crippen LogP contribution in [0.3, 0.4) is 0 Å². The van der Waals surface area contributed by atoms with Gasteiger partial charge in [-0.3, -0.25) is 0 Å². The van der Waals surface area contributed by atoms with E-state index in [2.05, 4.69) is 0 Å². The summed E-state index contributed by atoms with van der Waals surface area (Å²) in [5.74, 6) is -0.886. The van der Waals surface area contributed by atoms with Gasteiger partial charge in [-0.05, 0) is 52.0 Å². The smallest absolute Gasteiger partial charge is 0.335 e. The summed E-state index contributed by atoms with van der Waals surface area (Å²) in [5.41, 5.74) is 1.16. The zero-order chi connectivity index (χ0) is 14.1. The minimum absolute atomic E-state index is 0.269. The van der Waals surface area contributed by atoms with Crippen LogP contribution in [0, 0.1) is 6.92 Å². The molecule has 3 nitrogen and oxygen atoms in total. The molecule has 0 saturated carbocycles. The van der Waals surface area contributed by atoms with Crippen molar-refractivity contribution in [1.82, 2.24) is 0 Å². The zero-order valence-electron chi connectivity index (χ0n) is 12.0. The maximum absolute atomic E-state index is 11.3. The molecule has 100 valence electrons. The van der Waals surface area contributed by atoms with Crippen molar-refractivity contribution in [2.45, 2.75) is 46.4 Å². The van der Waals surface area contributed by atoms with Gasteiger partial charge in [0.25, 0.3) is 0 Å². The molecule has 0 radical (unpaired) electrons. The molecule has 0 bridgehead atoms. The van der Waals surface area contributed by atoms with Gasteiger partial charge < -0.3 is 9.53 Å². The van der Waals surface area contributed by atoms with Crippen LogP contribution in [0.15, 0.2) is 18.2 Å². The molecular weight excluding hydrogens is 244 g/mol. The van der Waals surface area contributed by atoms with Crippen LogP contribution < -0.4 is 5.19 Å². The Morgan fingerprint density at radius 2 is 1.83 bits per heavy atom. The van der Waals surface area contributed by atoms with E-state index in [4.69, 9.17) is 4.43 Å². The first-order valence-electron chi connectivity index (χ1n) is 6.07. The van der Waals surface area contributed by atoms with Crippen LogP contribution in [0.2, 0.25) is 13.1 Å². The summed E-state index contributed by atoms with van der Waals surface area (Å²) in [6, 6.07) is 5.45. The van der Waals surface area contributed by atoms with Crippen molar-refractivity contribution in [2.24, 2.45) is 0 Å². The van der Waals surface area contributed by atoms with E-state index in [1.54, 1.807) is 6.07 Å². The summed E-state index contributed by atoms with van der Waals surface area (Å²) in [6.45, 7) is 12.0. The summed E-state index contributed by atoms with van der Waals surface area (Å²) in [6.07, 6.45) is 0. The summed E-state index contributed by atoms with van der Waals surface area (Å²) in [5, 5.41) is 10.1. The number of benzene rings is 1. The van der Waals surface area contributed by atoms with Crippen molar-refractivity contribution in [3.05, 3.63) is 29.3 Å². The number of carbonyl (C=O) groups is 1. The molecule has 0 aliphatic rings. The van der Waals surface area contributed by atoms with Gasteiger partial charge in [0, 0.05) is 5.60 Å². The Morgan fingerprint density at radius 1 is 1.28 bits per heavy atom. The lowest BCUT2D eigenvalue weighted by atomic mass is 10.1. The average Bonchev–Trinajstić information content (AvgIpc) is 2.13. The maximum Gasteiger partial charge on any atom is 0.335 e. The molecule has 0 atom stereocenters. The van der Waals surface area contributed by atoms with Crippen molar-refractivity contribution in [3.8, 4) is 0 Å². The van der Waals surface area contributed by atoms with E-state index in [9.17, 15) is 9.90 Å². The third-order valence-electron chi connectivity index (χ3n) is 2.62. The van der Waals surface area contributed by atoms with E-state index in [-0.39, 0.29) is 5.60 Å². The summed E-state index contributed by atoms with van der Waals surface area (Å²) < 4.78 is 6.13. The van der Waals surface area contributed by atoms with Gasteiger partial charge in [-0.1, -0.05) is 17.7 Å². The topological polar surface area (TPSA) is 46.5 Å². The molecule has 1 aromatic rings. The van der Waals surface area contributed by atoms with E-state index in [1.807, 2.05) is 52.9 Å². The van der Waals surface area contributed by atoms with Gasteiger partial charge >= 0.3 is 5.97 Å². The molecule has 18 heavy (non-hydrogen) atoms. The van der Waals surface area contributed by atoms with Gasteiger partial charge in [0.05, 0.1) is 5.56 Å². The number of hydrogen-bond acceptors (Lipinski definition) is 2. The summed E-state index contributed by atoms with van der Waals surface area (Å²) in [4.78, 5) is 11.3. The standard InChI is InChI=1S/C14H22O3Si/c1-10-7-8-11(13(15)16)12(9-10)18(5,6)17-14(2,3)4/h7-9H,1-6H3,(H,15,16). The molecule has 1 rings (SSSR count). The molecule has 0 aliphatic carbocycles. The van der Waals surface area contributed by atoms with Crippen molar-refractivity contribution in [3.63, 3.8) is 0 Å². The second-order valence-corrected chi connectivity index (χ2v) is 9.84. The Balaban J connectivity index is 3.30. The minimum atomic E-state index is -2.23. The highest BCUT2D eigenvalue weighted by molar-refractivity contribution is 6.85. The predicted octanol–water partition coefficient (Wildman–Crippen LogP) is 2.92. The summed E-state index contributed by atoms with van der Waals surface area (Å²) >= 11 is 0. The third-order valence-corrected chi connectivity index (χ3v) is 5.45. The SMILES string of the molecule is Cc1ccc(C(=O)O)c([Si](C)(C)OC(C)(C)C)c1. The van der Waals surface area contributed by atoms with E-state index in [1.165, 1.54) is 0 Å². The third kappa shape index (κ3) is 3.68. The Kier molecular flexibility index (Phi) is 4.03. The lowest BCUT2D eigenvalue weighted by Gasteiger charge is -2.33. The fraction of sp³-hybridized carbons (Fsp3) is 0.500. The number of carboxylic acid groups (broad SMARTS) is 1. The van der Waals surface area contributed by atoms with Crippen molar-refractivity contribution in [1.29, 1.82) is 0 Å². The monoisotopic (exact) mass is 266 g/mol. The molecule has 0 fully saturated rings. The van der Waals surface area contributed by atoms with Crippen molar-refractivity contribution >= 4 is 19.5 Å². The van der Waals surface area contributed by atoms with E-state index in [0.717, 1.165) is 10.8 Å². The van der Waals surface area contributed by atoms with Crippen molar-refractivity contribution in [2.75, 3.05) is 0 Å². The van der Waals surface area contributed by atoms with Gasteiger partial charge in [0.2, 0.25) is 8.32 Å². The lowest BCUT2D eigenvalue weighted by Crippen LogP contribution is -2.51. The van der Waals surface area contributed by atoms with Crippen LogP contribution in [0.1, 0.15) is 36.7 Å². The first-order valence-corrected chi connectivity index (χ1v) is 8.98. The van der Waals surface area contributed by atoms with Crippen molar-refractivity contribution < 1.29 is 14.3 Å². The molecule has 0 aliphatic heterocycles. The highest BCUT2D eigenvalue weighted by atomic mass is 28.4. The number of aromatic carboxylic acids is 1. The van der Waals surface area contributed by atoms with Gasteiger partial charge in [-0.15, -0.1) is 0 Å². The number of rotatable bonds is 3. The second kappa shape index (κ2) is 4.86. The fourth-order valence-corrected chi connectivity index (χ4v) is 5.22. The van der Waals surface area contributed by atoms with E-state index < -0.39 is 14.3 Å². The minimum Gasteiger partial charge on any atom is -0.478 e. The molecule has 0 aromatic heterocycles. The first kappa shape index (κ1) is 14.9. The molecular formula is C14H22O3Si. The van der Waals surface area contributed by atoms with Gasteiger partial charge in [-0.25, -0.2) is 4.79 Å². The molecule has 0 spiro atoms. The Hall–Kier alpha value is -1.13. The molecule has 4 heteroatoms. The fourth-order valence-electron chi connectivity index (χ4n) is 2.16. The Labute approximate surface area is 110 Å². The molecule has 0 unspecified atom stereocenters. The molecule has 1 aromatic carbocycles. The molecule has 0 saturated heterocycles. The van der Waals surface area contributed by atoms with Crippen LogP contribution in [0.4, 0.5) is 0 Å². The highest BCUT2D eigenvalue weighted by Crippen LogP contribution is 2.19. The number of carboxylic acids is 1. The van der Waals surface area contributed by atoms with Gasteiger partial charge in [0.15, 0.2) is 0 Å². The van der Waals surface area contributed by atoms with E-state index in [0.29, 0.717) is 5.56 Å². The Bertz CT molecular complexity index is 459. The maximum atomic E-state index is 11.3. The Morgan fingerprint density at radius 3 is 2.28 bits per heavy atom.